The summed E-state index contributed by atoms with van der Waals surface area (Å²) in [7, 11) is -0.782. The van der Waals surface area contributed by atoms with Crippen LogP contribution in [0.1, 0.15) is 21.5 Å². The number of hydrogen-bond donors (Lipinski definition) is 2. The summed E-state index contributed by atoms with van der Waals surface area (Å²) < 4.78 is 49.1. The van der Waals surface area contributed by atoms with E-state index in [1.165, 1.54) is 25.4 Å². The summed E-state index contributed by atoms with van der Waals surface area (Å²) in [6.07, 6.45) is 1.28. The minimum absolute atomic E-state index is 0.101. The van der Waals surface area contributed by atoms with Crippen molar-refractivity contribution >= 4 is 33.0 Å². The lowest BCUT2D eigenvalue weighted by Crippen LogP contribution is -2.44. The number of aryl methyl sites for hydroxylation is 2. The molecule has 0 saturated carbocycles. The number of sulfonamides is 1. The molecule has 1 saturated heterocycles. The number of benzene rings is 2. The third kappa shape index (κ3) is 5.83. The molecular formula is C26H30FN5O4S. The average Bonchev–Trinajstić information content (AvgIpc) is 2.87. The van der Waals surface area contributed by atoms with Crippen LogP contribution in [0.3, 0.4) is 0 Å². The van der Waals surface area contributed by atoms with Gasteiger partial charge in [-0.1, -0.05) is 18.2 Å². The number of aromatic nitrogens is 1. The maximum atomic E-state index is 14.9. The predicted octanol–water partition coefficient (Wildman–Crippen LogP) is 3.65. The normalized spacial score (nSPS) is 14.4. The molecule has 0 spiro atoms. The van der Waals surface area contributed by atoms with Gasteiger partial charge in [0.25, 0.3) is 15.9 Å². The molecule has 0 unspecified atom stereocenters. The first-order valence-corrected chi connectivity index (χ1v) is 13.2. The van der Waals surface area contributed by atoms with Gasteiger partial charge in [-0.25, -0.2) is 17.8 Å². The molecule has 1 amide bonds. The lowest BCUT2D eigenvalue weighted by Gasteiger charge is -2.34. The number of likely N-dealkylation sites (N-methyl/N-ethyl adjacent to an activating group) is 1. The van der Waals surface area contributed by atoms with Gasteiger partial charge in [-0.15, -0.1) is 0 Å². The SMILES string of the molecule is COc1ncc(NC(=O)c2ccc(N3CCN(C)CC3)c(F)c2)cc1S(=O)(=O)Nc1c(C)cccc1C. The predicted molar refractivity (Wildman–Crippen MR) is 142 cm³/mol. The molecule has 37 heavy (non-hydrogen) atoms. The maximum absolute atomic E-state index is 14.9. The molecule has 0 bridgehead atoms. The number of para-hydroxylation sites is 1. The van der Waals surface area contributed by atoms with Crippen LogP contribution in [0.15, 0.2) is 53.6 Å². The van der Waals surface area contributed by atoms with Crippen LogP contribution in [0.2, 0.25) is 0 Å². The van der Waals surface area contributed by atoms with Gasteiger partial charge in [0.1, 0.15) is 5.82 Å². The molecule has 1 aliphatic rings. The molecule has 4 rings (SSSR count). The highest BCUT2D eigenvalue weighted by Crippen LogP contribution is 2.29. The molecule has 11 heteroatoms. The molecular weight excluding hydrogens is 497 g/mol. The number of methoxy groups -OCH3 is 1. The Kier molecular flexibility index (Phi) is 7.65. The van der Waals surface area contributed by atoms with Gasteiger partial charge in [-0.3, -0.25) is 9.52 Å². The first kappa shape index (κ1) is 26.4. The molecule has 2 heterocycles. The van der Waals surface area contributed by atoms with Gasteiger partial charge in [-0.2, -0.15) is 0 Å². The fourth-order valence-electron chi connectivity index (χ4n) is 4.17. The first-order valence-electron chi connectivity index (χ1n) is 11.8. The summed E-state index contributed by atoms with van der Waals surface area (Å²) in [4.78, 5) is 20.8. The summed E-state index contributed by atoms with van der Waals surface area (Å²) >= 11 is 0. The number of anilines is 3. The van der Waals surface area contributed by atoms with Crippen LogP contribution in [0.5, 0.6) is 5.88 Å². The van der Waals surface area contributed by atoms with Crippen molar-refractivity contribution in [3.63, 3.8) is 0 Å². The molecule has 0 radical (unpaired) electrons. The monoisotopic (exact) mass is 527 g/mol. The number of hydrogen-bond acceptors (Lipinski definition) is 7. The van der Waals surface area contributed by atoms with Gasteiger partial charge in [0.05, 0.1) is 30.4 Å². The zero-order chi connectivity index (χ0) is 26.7. The molecule has 2 aromatic carbocycles. The Labute approximate surface area is 216 Å². The quantitative estimate of drug-likeness (QED) is 0.483. The Morgan fingerprint density at radius 3 is 2.35 bits per heavy atom. The number of ether oxygens (including phenoxy) is 1. The van der Waals surface area contributed by atoms with Gasteiger partial charge in [0.15, 0.2) is 4.90 Å². The Hall–Kier alpha value is -3.70. The Morgan fingerprint density at radius 2 is 1.73 bits per heavy atom. The van der Waals surface area contributed by atoms with E-state index in [9.17, 15) is 17.6 Å². The number of carbonyl (C=O) groups excluding carboxylic acids is 1. The van der Waals surface area contributed by atoms with Crippen LogP contribution >= 0.6 is 0 Å². The second kappa shape index (κ2) is 10.7. The number of nitrogens with zero attached hydrogens (tertiary/aromatic N) is 3. The van der Waals surface area contributed by atoms with Crippen molar-refractivity contribution in [1.82, 2.24) is 9.88 Å². The fraction of sp³-hybridized carbons (Fsp3) is 0.308. The summed E-state index contributed by atoms with van der Waals surface area (Å²) in [6.45, 7) is 6.65. The first-order chi connectivity index (χ1) is 17.6. The highest BCUT2D eigenvalue weighted by atomic mass is 32.2. The highest BCUT2D eigenvalue weighted by Gasteiger charge is 2.24. The van der Waals surface area contributed by atoms with Crippen molar-refractivity contribution in [2.45, 2.75) is 18.7 Å². The lowest BCUT2D eigenvalue weighted by molar-refractivity contribution is 0.102. The number of pyridine rings is 1. The van der Waals surface area contributed by atoms with E-state index in [1.54, 1.807) is 38.1 Å². The van der Waals surface area contributed by atoms with E-state index in [0.29, 0.717) is 24.5 Å². The van der Waals surface area contributed by atoms with Gasteiger partial charge in [0.2, 0.25) is 5.88 Å². The van der Waals surface area contributed by atoms with Gasteiger partial charge < -0.3 is 19.9 Å². The van der Waals surface area contributed by atoms with Gasteiger partial charge in [-0.05, 0) is 56.3 Å². The minimum Gasteiger partial charge on any atom is -0.480 e. The molecule has 1 aromatic heterocycles. The van der Waals surface area contributed by atoms with E-state index >= 15 is 0 Å². The number of rotatable bonds is 7. The molecule has 0 atom stereocenters. The molecule has 196 valence electrons. The van der Waals surface area contributed by atoms with Gasteiger partial charge in [0, 0.05) is 31.7 Å². The fourth-order valence-corrected chi connectivity index (χ4v) is 5.51. The number of carbonyl (C=O) groups is 1. The van der Waals surface area contributed by atoms with E-state index in [1.807, 2.05) is 18.0 Å². The summed E-state index contributed by atoms with van der Waals surface area (Å²) in [5.41, 5.74) is 2.63. The van der Waals surface area contributed by atoms with Crippen molar-refractivity contribution in [3.05, 3.63) is 71.2 Å². The van der Waals surface area contributed by atoms with Crippen LogP contribution in [-0.4, -0.2) is 64.5 Å². The summed E-state index contributed by atoms with van der Waals surface area (Å²) in [5, 5.41) is 2.60. The zero-order valence-electron chi connectivity index (χ0n) is 21.2. The number of nitrogens with one attached hydrogen (secondary N) is 2. The molecule has 9 nitrogen and oxygen atoms in total. The van der Waals surface area contributed by atoms with E-state index in [4.69, 9.17) is 4.74 Å². The van der Waals surface area contributed by atoms with E-state index < -0.39 is 21.7 Å². The van der Waals surface area contributed by atoms with Crippen LogP contribution < -0.4 is 19.7 Å². The molecule has 2 N–H and O–H groups in total. The van der Waals surface area contributed by atoms with Crippen LogP contribution in [0.25, 0.3) is 0 Å². The van der Waals surface area contributed by atoms with Gasteiger partial charge >= 0.3 is 0 Å². The van der Waals surface area contributed by atoms with E-state index in [-0.39, 0.29) is 22.0 Å². The Balaban J connectivity index is 1.56. The molecule has 1 aliphatic heterocycles. The number of halogens is 1. The standard InChI is InChI=1S/C26H30FN5O4S/c1-17-6-5-7-18(2)24(17)30-37(34,35)23-15-20(16-28-26(23)36-4)29-25(33)19-8-9-22(21(27)14-19)32-12-10-31(3)11-13-32/h5-9,14-16,30H,10-13H2,1-4H3,(H,29,33). The van der Waals surface area contributed by atoms with Crippen molar-refractivity contribution < 1.29 is 22.3 Å². The van der Waals surface area contributed by atoms with Crippen LogP contribution in [-0.2, 0) is 10.0 Å². The van der Waals surface area contributed by atoms with Crippen molar-refractivity contribution in [3.8, 4) is 5.88 Å². The third-order valence-corrected chi connectivity index (χ3v) is 7.67. The van der Waals surface area contributed by atoms with E-state index in [2.05, 4.69) is 19.9 Å². The largest absolute Gasteiger partial charge is 0.480 e. The minimum atomic E-state index is -4.11. The lowest BCUT2D eigenvalue weighted by atomic mass is 10.1. The zero-order valence-corrected chi connectivity index (χ0v) is 22.0. The number of piperazine rings is 1. The average molecular weight is 528 g/mol. The molecule has 0 aliphatic carbocycles. The molecule has 3 aromatic rings. The summed E-state index contributed by atoms with van der Waals surface area (Å²) in [5.74, 6) is -1.22. The smallest absolute Gasteiger partial charge is 0.267 e. The Morgan fingerprint density at radius 1 is 1.05 bits per heavy atom. The molecule has 1 fully saturated rings. The number of amides is 1. The Bertz CT molecular complexity index is 1400. The van der Waals surface area contributed by atoms with Crippen LogP contribution in [0, 0.1) is 19.7 Å². The summed E-state index contributed by atoms with van der Waals surface area (Å²) in [6, 6.07) is 11.0. The van der Waals surface area contributed by atoms with E-state index in [0.717, 1.165) is 24.2 Å². The third-order valence-electron chi connectivity index (χ3n) is 6.33. The second-order valence-corrected chi connectivity index (χ2v) is 10.7. The highest BCUT2D eigenvalue weighted by molar-refractivity contribution is 7.92. The topological polar surface area (TPSA) is 104 Å². The van der Waals surface area contributed by atoms with Crippen molar-refractivity contribution in [2.75, 3.05) is 55.3 Å². The maximum Gasteiger partial charge on any atom is 0.267 e. The van der Waals surface area contributed by atoms with Crippen molar-refractivity contribution in [2.24, 2.45) is 0 Å². The second-order valence-electron chi connectivity index (χ2n) is 9.01. The van der Waals surface area contributed by atoms with Crippen LogP contribution in [0.4, 0.5) is 21.5 Å². The van der Waals surface area contributed by atoms with Crippen molar-refractivity contribution in [1.29, 1.82) is 0 Å².